The summed E-state index contributed by atoms with van der Waals surface area (Å²) in [6, 6.07) is 0. The molecule has 0 N–H and O–H groups in total. The minimum atomic E-state index is 0. The molecule has 11 radical (unpaired) electrons. The number of nitrogens with zero attached hydrogens (tertiary/aromatic N) is 1. The highest BCUT2D eigenvalue weighted by Crippen LogP contribution is 0.861. The van der Waals surface area contributed by atoms with Gasteiger partial charge in [0.05, 0.1) is 0 Å². The monoisotopic (exact) mass is 72.0 g/mol. The molecule has 0 aliphatic rings. The van der Waals surface area contributed by atoms with E-state index >= 15 is 0 Å². The highest BCUT2D eigenvalue weighted by atomic mass is 31.0. The lowest BCUT2D eigenvalue weighted by Gasteiger charge is -0.00100. The molecule has 0 fully saturated rings. The van der Waals surface area contributed by atoms with Crippen LogP contribution in [0, 0.1) is 0 Å². The van der Waals surface area contributed by atoms with E-state index in [0.29, 0.717) is 0 Å². The third-order valence-electron chi connectivity index (χ3n) is 0. The van der Waals surface area contributed by atoms with Crippen molar-refractivity contribution in [1.29, 1.82) is 0 Å². The average Bonchev–Trinajstić information content (AvgIpc) is 0. The van der Waals surface area contributed by atoms with Crippen molar-refractivity contribution in [3.05, 3.63) is 0 Å². The first kappa shape index (κ1) is 299. The Hall–Kier alpha value is 0.415. The van der Waals surface area contributed by atoms with Crippen molar-refractivity contribution in [3.8, 4) is 0 Å². The molecule has 0 unspecified atom stereocenters. The molecule has 0 aromatic rings. The SMILES string of the molecule is [B].[N].[O].[P]. The minimum Gasteiger partial charge on any atom is 0 e. The fourth-order valence-electron chi connectivity index (χ4n) is 0. The molecule has 0 saturated heterocycles. The van der Waals surface area contributed by atoms with Gasteiger partial charge in [0, 0.05) is 29.9 Å². The van der Waals surface area contributed by atoms with Crippen LogP contribution in [0.15, 0.2) is 0 Å². The predicted octanol–water partition coefficient (Wildman–Crippen LogP) is -0.119. The second-order valence-electron chi connectivity index (χ2n) is 0. The molecule has 0 aromatic carbocycles. The van der Waals surface area contributed by atoms with Crippen molar-refractivity contribution in [2.45, 2.75) is 0 Å². The zero-order chi connectivity index (χ0) is 0. The molecule has 4 heteroatoms. The van der Waals surface area contributed by atoms with Crippen LogP contribution < -0.4 is 6.15 Å². The van der Waals surface area contributed by atoms with Crippen LogP contribution >= 0.6 is 9.90 Å². The third-order valence-corrected chi connectivity index (χ3v) is 0. The molecule has 0 aliphatic carbocycles. The summed E-state index contributed by atoms with van der Waals surface area (Å²) in [5, 5.41) is 0. The van der Waals surface area contributed by atoms with E-state index in [-0.39, 0.29) is 29.9 Å². The first-order valence-electron chi connectivity index (χ1n) is 0. The fourth-order valence-corrected chi connectivity index (χ4v) is 0. The molecule has 0 heterocycles. The van der Waals surface area contributed by atoms with Crippen LogP contribution in [0.25, 0.3) is 0 Å². The summed E-state index contributed by atoms with van der Waals surface area (Å²) >= 11 is 0. The average molecular weight is 71.8 g/mol. The molecule has 19 valence electrons. The van der Waals surface area contributed by atoms with Crippen molar-refractivity contribution in [3.63, 3.8) is 0 Å². The maximum Gasteiger partial charge on any atom is 0 e. The lowest BCUT2D eigenvalue weighted by atomic mass is 10.8. The quantitative estimate of drug-likeness (QED) is 0.283. The Kier molecular flexibility index (Phi) is 8650. The van der Waals surface area contributed by atoms with E-state index in [2.05, 4.69) is 0 Å². The standard InChI is InChI=1S/B.N.O.P. The van der Waals surface area contributed by atoms with Gasteiger partial charge in [-0.3, -0.25) is 0 Å². The van der Waals surface area contributed by atoms with E-state index in [4.69, 9.17) is 0 Å². The summed E-state index contributed by atoms with van der Waals surface area (Å²) in [7, 11) is 0. The summed E-state index contributed by atoms with van der Waals surface area (Å²) in [6.45, 7) is 0. The molecule has 2 nitrogen and oxygen atoms in total. The number of rotatable bonds is 0. The van der Waals surface area contributed by atoms with Crippen LogP contribution in [0.4, 0.5) is 0 Å². The molecular formula is BNOP. The molecule has 0 spiro atoms. The molecule has 0 atom stereocenters. The van der Waals surface area contributed by atoms with Crippen LogP contribution in [0.1, 0.15) is 0 Å². The second kappa shape index (κ2) is 116. The van der Waals surface area contributed by atoms with Gasteiger partial charge in [-0.25, -0.2) is 0 Å². The predicted molar refractivity (Wildman–Crippen MR) is 15.5 cm³/mol. The van der Waals surface area contributed by atoms with Crippen LogP contribution in [-0.4, -0.2) is 8.41 Å². The Morgan fingerprint density at radius 2 is 1.00 bits per heavy atom. The molecule has 0 saturated carbocycles. The van der Waals surface area contributed by atoms with Crippen LogP contribution in [0.2, 0.25) is 0 Å². The molecule has 4 heavy (non-hydrogen) atoms. The third kappa shape index (κ3) is 28.1. The summed E-state index contributed by atoms with van der Waals surface area (Å²) in [6.07, 6.45) is 0. The van der Waals surface area contributed by atoms with Crippen LogP contribution in [0.3, 0.4) is 0 Å². The molecule has 0 aliphatic heterocycles. The van der Waals surface area contributed by atoms with E-state index in [9.17, 15) is 0 Å². The van der Waals surface area contributed by atoms with E-state index in [0.717, 1.165) is 0 Å². The van der Waals surface area contributed by atoms with Gasteiger partial charge in [0.2, 0.25) is 0 Å². The first-order chi connectivity index (χ1) is 0. The zero-order valence-corrected chi connectivity index (χ0v) is 2.77. The van der Waals surface area contributed by atoms with Gasteiger partial charge in [-0.2, -0.15) is 0 Å². The summed E-state index contributed by atoms with van der Waals surface area (Å²) in [4.78, 5) is 0. The van der Waals surface area contributed by atoms with Gasteiger partial charge < -0.3 is 0 Å². The molecular weight excluding hydrogens is 71.8 g/mol. The van der Waals surface area contributed by atoms with E-state index in [1.54, 1.807) is 0 Å². The van der Waals surface area contributed by atoms with Crippen LogP contribution in [-0.2, 0) is 5.48 Å². The van der Waals surface area contributed by atoms with E-state index < -0.39 is 0 Å². The molecule has 0 amide bonds. The van der Waals surface area contributed by atoms with Gasteiger partial charge in [0.15, 0.2) is 0 Å². The molecule has 0 rings (SSSR count). The van der Waals surface area contributed by atoms with Crippen LogP contribution in [0.5, 0.6) is 0 Å². The van der Waals surface area contributed by atoms with Gasteiger partial charge in [-0.15, -0.1) is 0 Å². The summed E-state index contributed by atoms with van der Waals surface area (Å²) in [5.41, 5.74) is 0. The maximum atomic E-state index is 0. The maximum absolute atomic E-state index is 0. The number of hydrogen-bond donors (Lipinski definition) is 0. The van der Waals surface area contributed by atoms with Crippen molar-refractivity contribution in [2.75, 3.05) is 0 Å². The van der Waals surface area contributed by atoms with Gasteiger partial charge >= 0.3 is 0 Å². The highest BCUT2D eigenvalue weighted by molar-refractivity contribution is 6.92. The smallest absolute Gasteiger partial charge is 0 e. The lowest BCUT2D eigenvalue weighted by molar-refractivity contribution is 0.686. The Balaban J connectivity index is 0. The van der Waals surface area contributed by atoms with Crippen molar-refractivity contribution in [1.82, 2.24) is 6.15 Å². The van der Waals surface area contributed by atoms with Gasteiger partial charge in [0.25, 0.3) is 0 Å². The molecule has 0 aromatic heterocycles. The van der Waals surface area contributed by atoms with E-state index in [1.807, 2.05) is 0 Å². The Morgan fingerprint density at radius 1 is 1.00 bits per heavy atom. The summed E-state index contributed by atoms with van der Waals surface area (Å²) < 4.78 is 0. The topological polar surface area (TPSA) is 59.0 Å². The van der Waals surface area contributed by atoms with Crippen molar-refractivity contribution in [2.24, 2.45) is 0 Å². The normalized spacial score (nSPS) is 0. The van der Waals surface area contributed by atoms with Gasteiger partial charge in [-0.1, -0.05) is 0 Å². The number of hydrogen-bond acceptors (Lipinski definition) is 0. The lowest BCUT2D eigenvalue weighted by Crippen LogP contribution is -0.481. The largest absolute Gasteiger partial charge is 0 e. The minimum absolute atomic E-state index is 0. The highest BCUT2D eigenvalue weighted by Gasteiger charge is 0.00300. The second-order valence-corrected chi connectivity index (χ2v) is 0. The Labute approximate surface area is 31.1 Å². The fraction of sp³-hybridized carbons (Fsp3) is 0. The Bertz CT molecular complexity index is 8.00. The molecule has 0 bridgehead atoms. The van der Waals surface area contributed by atoms with Crippen molar-refractivity contribution < 1.29 is 5.48 Å². The van der Waals surface area contributed by atoms with Gasteiger partial charge in [-0.05, 0) is 0 Å². The summed E-state index contributed by atoms with van der Waals surface area (Å²) in [5.74, 6) is 0. The zero-order valence-electron chi connectivity index (χ0n) is 1.88. The van der Waals surface area contributed by atoms with Crippen molar-refractivity contribution >= 4 is 18.3 Å². The first-order valence-corrected chi connectivity index (χ1v) is 0. The van der Waals surface area contributed by atoms with E-state index in [1.165, 1.54) is 0 Å². The van der Waals surface area contributed by atoms with Gasteiger partial charge in [0.1, 0.15) is 0 Å². The Morgan fingerprint density at radius 3 is 1.00 bits per heavy atom.